The van der Waals surface area contributed by atoms with Gasteiger partial charge in [0.05, 0.1) is 25.1 Å². The Morgan fingerprint density at radius 2 is 1.81 bits per heavy atom. The number of unbranched alkanes of at least 4 members (excludes halogenated alkanes) is 3. The highest BCUT2D eigenvalue weighted by Crippen LogP contribution is 2.57. The third kappa shape index (κ3) is 8.57. The van der Waals surface area contributed by atoms with Gasteiger partial charge in [-0.25, -0.2) is 0 Å². The van der Waals surface area contributed by atoms with Gasteiger partial charge in [0.15, 0.2) is 0 Å². The van der Waals surface area contributed by atoms with Crippen molar-refractivity contribution < 1.29 is 23.8 Å². The first-order valence-electron chi connectivity index (χ1n) is 7.68. The molecule has 0 amide bonds. The molecule has 1 atom stereocenters. The second-order valence-electron chi connectivity index (χ2n) is 4.65. The molecule has 0 aromatic heterocycles. The van der Waals surface area contributed by atoms with E-state index in [1.807, 2.05) is 0 Å². The van der Waals surface area contributed by atoms with Gasteiger partial charge in [0.1, 0.15) is 6.10 Å². The minimum atomic E-state index is -3.36. The SMILES string of the molecule is CCCCCCC(=C=CC(O)CO)P(=O)(OCC)OCC. The van der Waals surface area contributed by atoms with E-state index in [1.165, 1.54) is 6.08 Å². The van der Waals surface area contributed by atoms with Gasteiger partial charge >= 0.3 is 7.60 Å². The molecule has 0 radical (unpaired) electrons. The number of hydrogen-bond acceptors (Lipinski definition) is 5. The summed E-state index contributed by atoms with van der Waals surface area (Å²) in [6, 6.07) is 0. The van der Waals surface area contributed by atoms with Gasteiger partial charge in [-0.2, -0.15) is 0 Å². The largest absolute Gasteiger partial charge is 0.393 e. The zero-order valence-electron chi connectivity index (χ0n) is 13.4. The summed E-state index contributed by atoms with van der Waals surface area (Å²) >= 11 is 0. The van der Waals surface area contributed by atoms with Crippen molar-refractivity contribution in [3.8, 4) is 0 Å². The monoisotopic (exact) mass is 320 g/mol. The van der Waals surface area contributed by atoms with E-state index in [9.17, 15) is 9.67 Å². The molecule has 0 spiro atoms. The molecule has 0 saturated heterocycles. The summed E-state index contributed by atoms with van der Waals surface area (Å²) in [5, 5.41) is 18.7. The molecule has 0 aliphatic rings. The fourth-order valence-electron chi connectivity index (χ4n) is 1.79. The highest BCUT2D eigenvalue weighted by molar-refractivity contribution is 7.58. The van der Waals surface area contributed by atoms with Crippen LogP contribution in [-0.4, -0.2) is 36.1 Å². The van der Waals surface area contributed by atoms with Gasteiger partial charge in [-0.3, -0.25) is 4.57 Å². The lowest BCUT2D eigenvalue weighted by molar-refractivity contribution is 0.131. The second kappa shape index (κ2) is 12.2. The molecule has 0 aromatic carbocycles. The van der Waals surface area contributed by atoms with Crippen molar-refractivity contribution in [2.45, 2.75) is 59.0 Å². The Bertz CT molecular complexity index is 364. The molecule has 0 heterocycles. The summed E-state index contributed by atoms with van der Waals surface area (Å²) < 4.78 is 23.4. The first-order chi connectivity index (χ1) is 10.0. The summed E-state index contributed by atoms with van der Waals surface area (Å²) in [6.45, 7) is 5.79. The lowest BCUT2D eigenvalue weighted by Gasteiger charge is -2.18. The molecule has 21 heavy (non-hydrogen) atoms. The van der Waals surface area contributed by atoms with E-state index in [-0.39, 0.29) is 13.2 Å². The van der Waals surface area contributed by atoms with E-state index in [2.05, 4.69) is 12.7 Å². The van der Waals surface area contributed by atoms with Crippen LogP contribution in [0.25, 0.3) is 0 Å². The van der Waals surface area contributed by atoms with Crippen molar-refractivity contribution >= 4 is 7.60 Å². The number of aliphatic hydroxyl groups excluding tert-OH is 2. The zero-order chi connectivity index (χ0) is 16.1. The summed E-state index contributed by atoms with van der Waals surface area (Å²) in [4.78, 5) is 0. The molecular weight excluding hydrogens is 291 g/mol. The lowest BCUT2D eigenvalue weighted by Crippen LogP contribution is -2.07. The normalized spacial score (nSPS) is 12.8. The highest BCUT2D eigenvalue weighted by Gasteiger charge is 2.29. The molecule has 0 rings (SSSR count). The Morgan fingerprint density at radius 3 is 2.29 bits per heavy atom. The third-order valence-corrected chi connectivity index (χ3v) is 5.04. The fourth-order valence-corrected chi connectivity index (χ4v) is 3.52. The average molecular weight is 320 g/mol. The lowest BCUT2D eigenvalue weighted by atomic mass is 10.1. The molecule has 5 nitrogen and oxygen atoms in total. The maximum Gasteiger partial charge on any atom is 0.364 e. The van der Waals surface area contributed by atoms with Gasteiger partial charge in [-0.15, -0.1) is 5.73 Å². The van der Waals surface area contributed by atoms with Crippen LogP contribution in [0.3, 0.4) is 0 Å². The summed E-state index contributed by atoms with van der Waals surface area (Å²) in [6.07, 6.45) is 4.96. The molecule has 124 valence electrons. The first-order valence-corrected chi connectivity index (χ1v) is 9.22. The zero-order valence-corrected chi connectivity index (χ0v) is 14.3. The average Bonchev–Trinajstić information content (AvgIpc) is 2.46. The van der Waals surface area contributed by atoms with Crippen molar-refractivity contribution in [1.29, 1.82) is 0 Å². The van der Waals surface area contributed by atoms with Crippen LogP contribution in [0.5, 0.6) is 0 Å². The van der Waals surface area contributed by atoms with E-state index in [1.54, 1.807) is 13.8 Å². The van der Waals surface area contributed by atoms with Crippen LogP contribution in [0.2, 0.25) is 0 Å². The van der Waals surface area contributed by atoms with Crippen molar-refractivity contribution in [3.63, 3.8) is 0 Å². The molecular formula is C15H29O5P. The van der Waals surface area contributed by atoms with Crippen molar-refractivity contribution in [2.75, 3.05) is 19.8 Å². The molecule has 2 N–H and O–H groups in total. The molecule has 0 saturated carbocycles. The number of hydrogen-bond donors (Lipinski definition) is 2. The Kier molecular flexibility index (Phi) is 11.9. The molecule has 6 heteroatoms. The Hall–Kier alpha value is -0.410. The van der Waals surface area contributed by atoms with Crippen LogP contribution >= 0.6 is 7.60 Å². The van der Waals surface area contributed by atoms with Crippen LogP contribution in [-0.2, 0) is 13.6 Å². The smallest absolute Gasteiger partial charge is 0.364 e. The van der Waals surface area contributed by atoms with E-state index in [0.29, 0.717) is 11.7 Å². The fraction of sp³-hybridized carbons (Fsp3) is 0.800. The van der Waals surface area contributed by atoms with Crippen molar-refractivity contribution in [1.82, 2.24) is 0 Å². The number of rotatable bonds is 12. The maximum atomic E-state index is 12.8. The van der Waals surface area contributed by atoms with Gasteiger partial charge in [-0.1, -0.05) is 26.2 Å². The molecule has 1 unspecified atom stereocenters. The molecule has 0 aliphatic heterocycles. The van der Waals surface area contributed by atoms with Crippen LogP contribution in [0.1, 0.15) is 52.9 Å². The van der Waals surface area contributed by atoms with E-state index in [4.69, 9.17) is 14.2 Å². The van der Waals surface area contributed by atoms with Gasteiger partial charge in [0.2, 0.25) is 0 Å². The quantitative estimate of drug-likeness (QED) is 0.326. The molecule has 0 aromatic rings. The van der Waals surface area contributed by atoms with Gasteiger partial charge in [0.25, 0.3) is 0 Å². The van der Waals surface area contributed by atoms with Crippen LogP contribution in [0.4, 0.5) is 0 Å². The minimum Gasteiger partial charge on any atom is -0.393 e. The summed E-state index contributed by atoms with van der Waals surface area (Å²) in [7, 11) is -3.36. The second-order valence-corrected chi connectivity index (χ2v) is 6.70. The first kappa shape index (κ1) is 20.6. The Balaban J connectivity index is 5.15. The Labute approximate surface area is 128 Å². The maximum absolute atomic E-state index is 12.8. The van der Waals surface area contributed by atoms with Crippen molar-refractivity contribution in [2.24, 2.45) is 0 Å². The van der Waals surface area contributed by atoms with E-state index < -0.39 is 20.3 Å². The van der Waals surface area contributed by atoms with Crippen LogP contribution in [0.15, 0.2) is 17.1 Å². The summed E-state index contributed by atoms with van der Waals surface area (Å²) in [5.74, 6) is 0. The van der Waals surface area contributed by atoms with Crippen molar-refractivity contribution in [3.05, 3.63) is 17.1 Å². The van der Waals surface area contributed by atoms with Crippen LogP contribution in [0, 0.1) is 0 Å². The van der Waals surface area contributed by atoms with Crippen LogP contribution < -0.4 is 0 Å². The topological polar surface area (TPSA) is 76.0 Å². The van der Waals surface area contributed by atoms with Gasteiger partial charge in [0, 0.05) is 0 Å². The molecule has 0 fully saturated rings. The third-order valence-electron chi connectivity index (χ3n) is 2.83. The standard InChI is InChI=1S/C15H29O5P/c1-4-7-8-9-10-15(12-11-14(17)13-16)21(18,19-5-2)20-6-3/h11,14,16-17H,4-10,13H2,1-3H3. The number of aliphatic hydroxyl groups is 2. The molecule has 0 bridgehead atoms. The Morgan fingerprint density at radius 1 is 1.19 bits per heavy atom. The highest BCUT2D eigenvalue weighted by atomic mass is 31.2. The minimum absolute atomic E-state index is 0.278. The van der Waals surface area contributed by atoms with Gasteiger partial charge < -0.3 is 19.3 Å². The molecule has 0 aliphatic carbocycles. The van der Waals surface area contributed by atoms with E-state index in [0.717, 1.165) is 25.7 Å². The van der Waals surface area contributed by atoms with Gasteiger partial charge in [-0.05, 0) is 32.8 Å². The van der Waals surface area contributed by atoms with E-state index >= 15 is 0 Å². The predicted molar refractivity (Wildman–Crippen MR) is 84.3 cm³/mol. The predicted octanol–water partition coefficient (Wildman–Crippen LogP) is 3.62. The summed E-state index contributed by atoms with van der Waals surface area (Å²) in [5.41, 5.74) is 2.83.